The quantitative estimate of drug-likeness (QED) is 0.647. The van der Waals surface area contributed by atoms with E-state index in [4.69, 9.17) is 4.42 Å². The van der Waals surface area contributed by atoms with E-state index in [0.29, 0.717) is 5.56 Å². The van der Waals surface area contributed by atoms with Crippen LogP contribution in [0.1, 0.15) is 21.7 Å². The molecule has 0 aliphatic heterocycles. The first-order valence-corrected chi connectivity index (χ1v) is 6.67. The number of hydrogen-bond acceptors (Lipinski definition) is 4. The highest BCUT2D eigenvalue weighted by Crippen LogP contribution is 2.28. The zero-order chi connectivity index (χ0) is 17.6. The van der Waals surface area contributed by atoms with Crippen LogP contribution in [0.5, 0.6) is 0 Å². The first-order chi connectivity index (χ1) is 11.4. The molecule has 0 aliphatic rings. The smallest absolute Gasteiger partial charge is 0.416 e. The number of furan rings is 1. The summed E-state index contributed by atoms with van der Waals surface area (Å²) in [6.07, 6.45) is -1.90. The molecule has 0 fully saturated rings. The number of nitrogens with zero attached hydrogens (tertiary/aromatic N) is 1. The van der Waals surface area contributed by atoms with Gasteiger partial charge in [-0.25, -0.2) is 5.43 Å². The van der Waals surface area contributed by atoms with E-state index in [2.05, 4.69) is 15.8 Å². The summed E-state index contributed by atoms with van der Waals surface area (Å²) in [5, 5.41) is 5.91. The second-order valence-corrected chi connectivity index (χ2v) is 4.57. The van der Waals surface area contributed by atoms with Gasteiger partial charge >= 0.3 is 6.18 Å². The number of amides is 2. The highest BCUT2D eigenvalue weighted by atomic mass is 19.4. The molecule has 0 saturated heterocycles. The van der Waals surface area contributed by atoms with Crippen molar-refractivity contribution in [1.82, 2.24) is 10.7 Å². The molecule has 1 aromatic carbocycles. The van der Waals surface area contributed by atoms with Gasteiger partial charge in [-0.2, -0.15) is 18.3 Å². The van der Waals surface area contributed by atoms with E-state index in [1.54, 1.807) is 0 Å². The monoisotopic (exact) mass is 339 g/mol. The van der Waals surface area contributed by atoms with E-state index in [-0.39, 0.29) is 12.3 Å². The minimum absolute atomic E-state index is 0.0658. The van der Waals surface area contributed by atoms with E-state index >= 15 is 0 Å². The van der Waals surface area contributed by atoms with E-state index < -0.39 is 23.6 Å². The number of alkyl halides is 3. The zero-order valence-electron chi connectivity index (χ0n) is 12.1. The standard InChI is InChI=1S/C15H12F3N3O3/c16-15(17,18)11-5-3-10(4-6-11)8-20-21-13(22)9-19-14(23)12-2-1-7-24-12/h1-8H,9H2,(H,19,23)(H,21,22)/b20-8-. The Bertz CT molecular complexity index is 723. The maximum absolute atomic E-state index is 12.4. The van der Waals surface area contributed by atoms with Crippen molar-refractivity contribution in [2.75, 3.05) is 6.54 Å². The predicted molar refractivity (Wildman–Crippen MR) is 78.2 cm³/mol. The van der Waals surface area contributed by atoms with Gasteiger partial charge in [0.2, 0.25) is 0 Å². The van der Waals surface area contributed by atoms with Gasteiger partial charge in [-0.3, -0.25) is 9.59 Å². The molecule has 9 heteroatoms. The lowest BCUT2D eigenvalue weighted by Gasteiger charge is -2.05. The van der Waals surface area contributed by atoms with Crippen LogP contribution in [0.25, 0.3) is 0 Å². The summed E-state index contributed by atoms with van der Waals surface area (Å²) in [7, 11) is 0. The highest BCUT2D eigenvalue weighted by molar-refractivity contribution is 5.94. The molecule has 2 rings (SSSR count). The Morgan fingerprint density at radius 1 is 1.17 bits per heavy atom. The van der Waals surface area contributed by atoms with Crippen LogP contribution in [0.15, 0.2) is 52.2 Å². The van der Waals surface area contributed by atoms with Crippen LogP contribution in [-0.4, -0.2) is 24.6 Å². The maximum Gasteiger partial charge on any atom is 0.416 e. The summed E-state index contributed by atoms with van der Waals surface area (Å²) in [6, 6.07) is 7.23. The molecule has 0 spiro atoms. The van der Waals surface area contributed by atoms with E-state index in [1.807, 2.05) is 0 Å². The fourth-order valence-electron chi connectivity index (χ4n) is 1.63. The number of nitrogens with one attached hydrogen (secondary N) is 2. The highest BCUT2D eigenvalue weighted by Gasteiger charge is 2.29. The number of benzene rings is 1. The fourth-order valence-corrected chi connectivity index (χ4v) is 1.63. The molecule has 1 aromatic heterocycles. The summed E-state index contributed by atoms with van der Waals surface area (Å²) in [5.74, 6) is -1.09. The third-order valence-corrected chi connectivity index (χ3v) is 2.80. The van der Waals surface area contributed by atoms with Gasteiger partial charge in [0.15, 0.2) is 5.76 Å². The van der Waals surface area contributed by atoms with Crippen LogP contribution in [0.3, 0.4) is 0 Å². The number of halogens is 3. The van der Waals surface area contributed by atoms with Gasteiger partial charge in [0.25, 0.3) is 11.8 Å². The molecule has 0 atom stereocenters. The summed E-state index contributed by atoms with van der Waals surface area (Å²) < 4.78 is 42.0. The minimum Gasteiger partial charge on any atom is -0.459 e. The Kier molecular flexibility index (Phi) is 5.35. The van der Waals surface area contributed by atoms with Crippen LogP contribution >= 0.6 is 0 Å². The van der Waals surface area contributed by atoms with Crippen LogP contribution in [0.2, 0.25) is 0 Å². The van der Waals surface area contributed by atoms with Crippen molar-refractivity contribution in [2.45, 2.75) is 6.18 Å². The van der Waals surface area contributed by atoms with Crippen LogP contribution in [-0.2, 0) is 11.0 Å². The second kappa shape index (κ2) is 7.44. The number of rotatable bonds is 5. The van der Waals surface area contributed by atoms with Gasteiger partial charge in [0.05, 0.1) is 24.6 Å². The van der Waals surface area contributed by atoms with Crippen molar-refractivity contribution in [3.8, 4) is 0 Å². The van der Waals surface area contributed by atoms with Crippen LogP contribution < -0.4 is 10.7 Å². The second-order valence-electron chi connectivity index (χ2n) is 4.57. The molecule has 0 unspecified atom stereocenters. The fraction of sp³-hybridized carbons (Fsp3) is 0.133. The summed E-state index contributed by atoms with van der Waals surface area (Å²) >= 11 is 0. The van der Waals surface area contributed by atoms with Crippen LogP contribution in [0, 0.1) is 0 Å². The molecule has 0 saturated carbocycles. The molecule has 0 aliphatic carbocycles. The molecule has 6 nitrogen and oxygen atoms in total. The normalized spacial score (nSPS) is 11.5. The number of carbonyl (C=O) groups is 2. The molecule has 1 heterocycles. The lowest BCUT2D eigenvalue weighted by molar-refractivity contribution is -0.137. The number of hydrogen-bond donors (Lipinski definition) is 2. The first-order valence-electron chi connectivity index (χ1n) is 6.67. The average Bonchev–Trinajstić information content (AvgIpc) is 3.07. The largest absolute Gasteiger partial charge is 0.459 e. The van der Waals surface area contributed by atoms with Crippen molar-refractivity contribution < 1.29 is 27.2 Å². The van der Waals surface area contributed by atoms with Crippen LogP contribution in [0.4, 0.5) is 13.2 Å². The Hall–Kier alpha value is -3.10. The van der Waals surface area contributed by atoms with Gasteiger partial charge in [-0.15, -0.1) is 0 Å². The van der Waals surface area contributed by atoms with Gasteiger partial charge in [0, 0.05) is 0 Å². The Balaban J connectivity index is 1.79. The maximum atomic E-state index is 12.4. The van der Waals surface area contributed by atoms with Crippen molar-refractivity contribution in [2.24, 2.45) is 5.10 Å². The van der Waals surface area contributed by atoms with Gasteiger partial charge in [-0.05, 0) is 29.8 Å². The zero-order valence-corrected chi connectivity index (χ0v) is 12.1. The molecule has 126 valence electrons. The molecule has 0 radical (unpaired) electrons. The van der Waals surface area contributed by atoms with Crippen molar-refractivity contribution in [3.63, 3.8) is 0 Å². The molecule has 24 heavy (non-hydrogen) atoms. The van der Waals surface area contributed by atoms with Gasteiger partial charge < -0.3 is 9.73 Å². The third-order valence-electron chi connectivity index (χ3n) is 2.80. The molecule has 2 aromatic rings. The van der Waals surface area contributed by atoms with E-state index in [9.17, 15) is 22.8 Å². The Labute approximate surface area is 134 Å². The molecular formula is C15H12F3N3O3. The van der Waals surface area contributed by atoms with Gasteiger partial charge in [0.1, 0.15) is 0 Å². The summed E-state index contributed by atoms with van der Waals surface area (Å²) in [4.78, 5) is 23.0. The molecule has 2 amide bonds. The van der Waals surface area contributed by atoms with E-state index in [0.717, 1.165) is 12.1 Å². The average molecular weight is 339 g/mol. The van der Waals surface area contributed by atoms with E-state index in [1.165, 1.54) is 36.7 Å². The number of carbonyl (C=O) groups excluding carboxylic acids is 2. The first kappa shape index (κ1) is 17.3. The van der Waals surface area contributed by atoms with Crippen molar-refractivity contribution in [1.29, 1.82) is 0 Å². The SMILES string of the molecule is O=C(CNC(=O)c1ccco1)N/N=C\c1ccc(C(F)(F)F)cc1. The van der Waals surface area contributed by atoms with Crippen molar-refractivity contribution in [3.05, 3.63) is 59.5 Å². The minimum atomic E-state index is -4.41. The van der Waals surface area contributed by atoms with Crippen molar-refractivity contribution >= 4 is 18.0 Å². The summed E-state index contributed by atoms with van der Waals surface area (Å²) in [5.41, 5.74) is 1.74. The lowest BCUT2D eigenvalue weighted by atomic mass is 10.1. The topological polar surface area (TPSA) is 83.7 Å². The third kappa shape index (κ3) is 4.97. The predicted octanol–water partition coefficient (Wildman–Crippen LogP) is 2.18. The van der Waals surface area contributed by atoms with Gasteiger partial charge in [-0.1, -0.05) is 12.1 Å². The molecule has 2 N–H and O–H groups in total. The number of hydrazone groups is 1. The lowest BCUT2D eigenvalue weighted by Crippen LogP contribution is -2.34. The molecular weight excluding hydrogens is 327 g/mol. The Morgan fingerprint density at radius 2 is 1.88 bits per heavy atom. The molecule has 0 bridgehead atoms. The Morgan fingerprint density at radius 3 is 2.46 bits per heavy atom. The summed E-state index contributed by atoms with van der Waals surface area (Å²) in [6.45, 7) is -0.329.